The minimum atomic E-state index is -0.162. The Morgan fingerprint density at radius 2 is 1.85 bits per heavy atom. The fraction of sp³-hybridized carbons (Fsp3) is 0.938. The molecule has 0 bridgehead atoms. The zero-order chi connectivity index (χ0) is 14.8. The summed E-state index contributed by atoms with van der Waals surface area (Å²) < 4.78 is 0. The van der Waals surface area contributed by atoms with Crippen LogP contribution < -0.4 is 5.32 Å². The van der Waals surface area contributed by atoms with Crippen LogP contribution >= 0.6 is 0 Å². The second-order valence-corrected chi connectivity index (χ2v) is 7.05. The molecule has 1 N–H and O–H groups in total. The summed E-state index contributed by atoms with van der Waals surface area (Å²) in [6.45, 7) is 4.94. The van der Waals surface area contributed by atoms with E-state index in [4.69, 9.17) is 0 Å². The number of nitrogens with zero attached hydrogens (tertiary/aromatic N) is 2. The molecule has 0 spiro atoms. The molecule has 4 heteroatoms. The summed E-state index contributed by atoms with van der Waals surface area (Å²) in [6.07, 6.45) is 6.82. The standard InChI is InChI=1S/C16H31N3O/c1-5-15(8-7-11-17-12-15)14(20)19(4)13-16(18(2)3)9-6-10-16/h17H,5-13H2,1-4H3. The third-order valence-electron chi connectivity index (χ3n) is 5.71. The van der Waals surface area contributed by atoms with Gasteiger partial charge >= 0.3 is 0 Å². The summed E-state index contributed by atoms with van der Waals surface area (Å²) in [5.41, 5.74) is 0.0612. The molecular weight excluding hydrogens is 250 g/mol. The van der Waals surface area contributed by atoms with Gasteiger partial charge in [0.2, 0.25) is 5.91 Å². The molecule has 2 aliphatic rings. The lowest BCUT2D eigenvalue weighted by Crippen LogP contribution is -2.60. The number of piperidine rings is 1. The van der Waals surface area contributed by atoms with Crippen LogP contribution in [0.15, 0.2) is 0 Å². The predicted octanol–water partition coefficient (Wildman–Crippen LogP) is 1.71. The number of likely N-dealkylation sites (N-methyl/N-ethyl adjacent to an activating group) is 2. The number of hydrogen-bond donors (Lipinski definition) is 1. The molecule has 116 valence electrons. The molecule has 1 aliphatic heterocycles. The van der Waals surface area contributed by atoms with Crippen LogP contribution in [0.1, 0.15) is 45.4 Å². The normalized spacial score (nSPS) is 29.1. The molecule has 1 unspecified atom stereocenters. The van der Waals surface area contributed by atoms with E-state index in [9.17, 15) is 4.79 Å². The zero-order valence-electron chi connectivity index (χ0n) is 13.7. The molecule has 0 radical (unpaired) electrons. The van der Waals surface area contributed by atoms with E-state index in [2.05, 4.69) is 31.2 Å². The van der Waals surface area contributed by atoms with Crippen LogP contribution in [0, 0.1) is 5.41 Å². The smallest absolute Gasteiger partial charge is 0.229 e. The molecule has 1 heterocycles. The van der Waals surface area contributed by atoms with Gasteiger partial charge in [-0.2, -0.15) is 0 Å². The molecule has 1 atom stereocenters. The average molecular weight is 281 g/mol. The van der Waals surface area contributed by atoms with E-state index in [1.807, 2.05) is 11.9 Å². The van der Waals surface area contributed by atoms with Crippen molar-refractivity contribution >= 4 is 5.91 Å². The molecule has 1 aliphatic carbocycles. The first-order valence-electron chi connectivity index (χ1n) is 8.09. The molecule has 0 aromatic carbocycles. The van der Waals surface area contributed by atoms with Crippen molar-refractivity contribution in [2.24, 2.45) is 5.41 Å². The Labute approximate surface area is 123 Å². The molecule has 2 rings (SSSR count). The van der Waals surface area contributed by atoms with E-state index in [1.54, 1.807) is 0 Å². The number of carbonyl (C=O) groups excluding carboxylic acids is 1. The van der Waals surface area contributed by atoms with Gasteiger partial charge in [-0.3, -0.25) is 4.79 Å². The van der Waals surface area contributed by atoms with Crippen molar-refractivity contribution in [2.45, 2.75) is 51.0 Å². The van der Waals surface area contributed by atoms with Crippen LogP contribution in [0.3, 0.4) is 0 Å². The maximum absolute atomic E-state index is 13.0. The Morgan fingerprint density at radius 1 is 1.15 bits per heavy atom. The second-order valence-electron chi connectivity index (χ2n) is 7.05. The van der Waals surface area contributed by atoms with Crippen molar-refractivity contribution in [3.8, 4) is 0 Å². The first kappa shape index (κ1) is 15.8. The molecule has 0 aromatic rings. The summed E-state index contributed by atoms with van der Waals surface area (Å²) in [5, 5.41) is 3.42. The SMILES string of the molecule is CCC1(C(=O)N(C)CC2(N(C)C)CCC2)CCCNC1. The van der Waals surface area contributed by atoms with Gasteiger partial charge in [0.25, 0.3) is 0 Å². The average Bonchev–Trinajstić information content (AvgIpc) is 2.42. The topological polar surface area (TPSA) is 35.6 Å². The highest BCUT2D eigenvalue weighted by Crippen LogP contribution is 2.38. The van der Waals surface area contributed by atoms with E-state index in [0.29, 0.717) is 5.91 Å². The predicted molar refractivity (Wildman–Crippen MR) is 82.7 cm³/mol. The number of rotatable bonds is 5. The van der Waals surface area contributed by atoms with Crippen molar-refractivity contribution in [3.63, 3.8) is 0 Å². The first-order chi connectivity index (χ1) is 9.46. The van der Waals surface area contributed by atoms with Gasteiger partial charge in [-0.25, -0.2) is 0 Å². The maximum atomic E-state index is 13.0. The van der Waals surface area contributed by atoms with Crippen molar-refractivity contribution < 1.29 is 4.79 Å². The van der Waals surface area contributed by atoms with Gasteiger partial charge in [0.1, 0.15) is 0 Å². The van der Waals surface area contributed by atoms with Crippen molar-refractivity contribution in [1.29, 1.82) is 0 Å². The van der Waals surface area contributed by atoms with Crippen LogP contribution in [0.5, 0.6) is 0 Å². The summed E-state index contributed by atoms with van der Waals surface area (Å²) in [7, 11) is 6.29. The third kappa shape index (κ3) is 2.73. The fourth-order valence-electron chi connectivity index (χ4n) is 3.85. The molecule has 1 saturated carbocycles. The third-order valence-corrected chi connectivity index (χ3v) is 5.71. The quantitative estimate of drug-likeness (QED) is 0.833. The van der Waals surface area contributed by atoms with Crippen LogP contribution in [0.25, 0.3) is 0 Å². The Balaban J connectivity index is 2.04. The highest BCUT2D eigenvalue weighted by Gasteiger charge is 2.44. The zero-order valence-corrected chi connectivity index (χ0v) is 13.7. The van der Waals surface area contributed by atoms with Crippen LogP contribution in [-0.4, -0.2) is 62.0 Å². The fourth-order valence-corrected chi connectivity index (χ4v) is 3.85. The molecule has 2 fully saturated rings. The number of hydrogen-bond acceptors (Lipinski definition) is 3. The van der Waals surface area contributed by atoms with Crippen LogP contribution in [0.4, 0.5) is 0 Å². The van der Waals surface area contributed by atoms with Gasteiger partial charge in [-0.15, -0.1) is 0 Å². The summed E-state index contributed by atoms with van der Waals surface area (Å²) in [6, 6.07) is 0. The Bertz CT molecular complexity index is 344. The minimum Gasteiger partial charge on any atom is -0.343 e. The van der Waals surface area contributed by atoms with Crippen LogP contribution in [-0.2, 0) is 4.79 Å². The molecule has 0 aromatic heterocycles. The first-order valence-corrected chi connectivity index (χ1v) is 8.09. The van der Waals surface area contributed by atoms with Crippen LogP contribution in [0.2, 0.25) is 0 Å². The Hall–Kier alpha value is -0.610. The van der Waals surface area contributed by atoms with Gasteiger partial charge in [0.05, 0.1) is 5.41 Å². The summed E-state index contributed by atoms with van der Waals surface area (Å²) in [5.74, 6) is 0.348. The van der Waals surface area contributed by atoms with Gasteiger partial charge in [0.15, 0.2) is 0 Å². The highest BCUT2D eigenvalue weighted by atomic mass is 16.2. The van der Waals surface area contributed by atoms with Crippen molar-refractivity contribution in [1.82, 2.24) is 15.1 Å². The van der Waals surface area contributed by atoms with Gasteiger partial charge in [-0.1, -0.05) is 6.92 Å². The molecule has 1 amide bonds. The Kier molecular flexibility index (Phi) is 4.75. The summed E-state index contributed by atoms with van der Waals surface area (Å²) >= 11 is 0. The number of carbonyl (C=O) groups is 1. The monoisotopic (exact) mass is 281 g/mol. The molecule has 1 saturated heterocycles. The van der Waals surface area contributed by atoms with Crippen molar-refractivity contribution in [2.75, 3.05) is 40.8 Å². The van der Waals surface area contributed by atoms with E-state index in [1.165, 1.54) is 19.3 Å². The largest absolute Gasteiger partial charge is 0.343 e. The van der Waals surface area contributed by atoms with E-state index in [-0.39, 0.29) is 11.0 Å². The van der Waals surface area contributed by atoms with Crippen molar-refractivity contribution in [3.05, 3.63) is 0 Å². The lowest BCUT2D eigenvalue weighted by Gasteiger charge is -2.50. The lowest BCUT2D eigenvalue weighted by atomic mass is 9.73. The maximum Gasteiger partial charge on any atom is 0.229 e. The molecule has 4 nitrogen and oxygen atoms in total. The highest BCUT2D eigenvalue weighted by molar-refractivity contribution is 5.83. The number of amides is 1. The van der Waals surface area contributed by atoms with Gasteiger partial charge in [0, 0.05) is 25.7 Å². The van der Waals surface area contributed by atoms with Gasteiger partial charge < -0.3 is 15.1 Å². The van der Waals surface area contributed by atoms with Gasteiger partial charge in [-0.05, 0) is 59.2 Å². The lowest BCUT2D eigenvalue weighted by molar-refractivity contribution is -0.145. The second kappa shape index (κ2) is 6.02. The van der Waals surface area contributed by atoms with E-state index >= 15 is 0 Å². The minimum absolute atomic E-state index is 0.162. The summed E-state index contributed by atoms with van der Waals surface area (Å²) in [4.78, 5) is 17.3. The van der Waals surface area contributed by atoms with E-state index in [0.717, 1.165) is 38.9 Å². The van der Waals surface area contributed by atoms with E-state index < -0.39 is 0 Å². The number of nitrogens with one attached hydrogen (secondary N) is 1. The molecule has 20 heavy (non-hydrogen) atoms. The molecular formula is C16H31N3O. The Morgan fingerprint density at radius 3 is 2.25 bits per heavy atom.